The van der Waals surface area contributed by atoms with Crippen LogP contribution in [-0.4, -0.2) is 36.1 Å². The van der Waals surface area contributed by atoms with E-state index < -0.39 is 6.10 Å². The second-order valence-electron chi connectivity index (χ2n) is 4.79. The first-order chi connectivity index (χ1) is 10.6. The van der Waals surface area contributed by atoms with Gasteiger partial charge < -0.3 is 19.7 Å². The highest BCUT2D eigenvalue weighted by molar-refractivity contribution is 14.0. The Morgan fingerprint density at radius 3 is 2.83 bits per heavy atom. The van der Waals surface area contributed by atoms with Crippen LogP contribution in [0.4, 0.5) is 0 Å². The topological polar surface area (TPSA) is 61.0 Å². The van der Waals surface area contributed by atoms with E-state index in [4.69, 9.17) is 4.42 Å². The number of nitrogens with one attached hydrogen (secondary N) is 1. The quantitative estimate of drug-likeness (QED) is 0.350. The number of guanidine groups is 1. The minimum Gasteiger partial charge on any atom is -0.467 e. The van der Waals surface area contributed by atoms with Gasteiger partial charge in [0.25, 0.3) is 0 Å². The molecule has 2 heterocycles. The van der Waals surface area contributed by atoms with E-state index in [2.05, 4.69) is 32.3 Å². The number of halogens is 2. The SMILES string of the molecule is CCNC(=NCC(O)c1ccco1)N(C)Cc1ccc(Br)s1.I. The van der Waals surface area contributed by atoms with Crippen molar-refractivity contribution in [1.29, 1.82) is 0 Å². The molecule has 5 nitrogen and oxygen atoms in total. The fraction of sp³-hybridized carbons (Fsp3) is 0.400. The number of hydrogen-bond acceptors (Lipinski definition) is 4. The van der Waals surface area contributed by atoms with Crippen LogP contribution in [0.25, 0.3) is 0 Å². The van der Waals surface area contributed by atoms with Gasteiger partial charge in [0.05, 0.1) is 23.1 Å². The van der Waals surface area contributed by atoms with Crippen molar-refractivity contribution in [1.82, 2.24) is 10.2 Å². The molecule has 0 amide bonds. The third kappa shape index (κ3) is 6.44. The smallest absolute Gasteiger partial charge is 0.194 e. The summed E-state index contributed by atoms with van der Waals surface area (Å²) in [6.45, 7) is 3.81. The average Bonchev–Trinajstić information content (AvgIpc) is 3.14. The predicted molar refractivity (Wildman–Crippen MR) is 109 cm³/mol. The highest BCUT2D eigenvalue weighted by Crippen LogP contribution is 2.23. The lowest BCUT2D eigenvalue weighted by molar-refractivity contribution is 0.158. The minimum atomic E-state index is -0.729. The van der Waals surface area contributed by atoms with E-state index in [1.807, 2.05) is 24.9 Å². The van der Waals surface area contributed by atoms with Crippen molar-refractivity contribution >= 4 is 57.2 Å². The summed E-state index contributed by atoms with van der Waals surface area (Å²) in [6.07, 6.45) is 0.821. The van der Waals surface area contributed by atoms with E-state index in [9.17, 15) is 5.11 Å². The number of aliphatic hydroxyl groups is 1. The molecule has 0 saturated carbocycles. The van der Waals surface area contributed by atoms with Crippen molar-refractivity contribution in [3.63, 3.8) is 0 Å². The van der Waals surface area contributed by atoms with Gasteiger partial charge in [0.2, 0.25) is 0 Å². The summed E-state index contributed by atoms with van der Waals surface area (Å²) in [5, 5.41) is 13.3. The van der Waals surface area contributed by atoms with Gasteiger partial charge in [-0.1, -0.05) is 0 Å². The average molecular weight is 514 g/mol. The van der Waals surface area contributed by atoms with E-state index in [0.29, 0.717) is 5.76 Å². The molecule has 0 spiro atoms. The Hall–Kier alpha value is -0.580. The number of hydrogen-bond donors (Lipinski definition) is 2. The van der Waals surface area contributed by atoms with Crippen molar-refractivity contribution in [3.05, 3.63) is 45.0 Å². The third-order valence-electron chi connectivity index (χ3n) is 3.00. The Morgan fingerprint density at radius 2 is 2.26 bits per heavy atom. The number of furan rings is 1. The zero-order chi connectivity index (χ0) is 15.9. The van der Waals surface area contributed by atoms with Gasteiger partial charge in [0.1, 0.15) is 11.9 Å². The number of aliphatic imine (C=N–C) groups is 1. The molecule has 0 bridgehead atoms. The molecule has 0 aliphatic rings. The summed E-state index contributed by atoms with van der Waals surface area (Å²) in [5.74, 6) is 1.29. The fourth-order valence-electron chi connectivity index (χ4n) is 1.96. The van der Waals surface area contributed by atoms with Crippen LogP contribution in [0.3, 0.4) is 0 Å². The van der Waals surface area contributed by atoms with Crippen molar-refractivity contribution in [2.75, 3.05) is 20.1 Å². The van der Waals surface area contributed by atoms with E-state index in [1.54, 1.807) is 29.7 Å². The van der Waals surface area contributed by atoms with Gasteiger partial charge in [-0.15, -0.1) is 35.3 Å². The summed E-state index contributed by atoms with van der Waals surface area (Å²) in [4.78, 5) is 7.77. The van der Waals surface area contributed by atoms with Crippen molar-refractivity contribution in [3.8, 4) is 0 Å². The third-order valence-corrected chi connectivity index (χ3v) is 4.61. The second-order valence-corrected chi connectivity index (χ2v) is 7.34. The summed E-state index contributed by atoms with van der Waals surface area (Å²) in [5.41, 5.74) is 0. The highest BCUT2D eigenvalue weighted by Gasteiger charge is 2.12. The minimum absolute atomic E-state index is 0. The molecule has 2 N–H and O–H groups in total. The lowest BCUT2D eigenvalue weighted by atomic mass is 10.3. The van der Waals surface area contributed by atoms with Crippen LogP contribution >= 0.6 is 51.2 Å². The maximum atomic E-state index is 10.1. The Kier molecular flexibility index (Phi) is 9.18. The molecule has 0 aromatic carbocycles. The largest absolute Gasteiger partial charge is 0.467 e. The molecule has 8 heteroatoms. The van der Waals surface area contributed by atoms with E-state index in [-0.39, 0.29) is 30.5 Å². The van der Waals surface area contributed by atoms with E-state index in [0.717, 1.165) is 22.8 Å². The molecule has 0 fully saturated rings. The molecule has 2 aromatic heterocycles. The summed E-state index contributed by atoms with van der Waals surface area (Å²) in [6, 6.07) is 7.64. The Bertz CT molecular complexity index is 604. The van der Waals surface area contributed by atoms with Crippen molar-refractivity contribution < 1.29 is 9.52 Å². The Morgan fingerprint density at radius 1 is 1.48 bits per heavy atom. The number of rotatable bonds is 6. The monoisotopic (exact) mass is 513 g/mol. The number of aliphatic hydroxyl groups excluding tert-OH is 1. The summed E-state index contributed by atoms with van der Waals surface area (Å²) >= 11 is 5.17. The number of nitrogens with zero attached hydrogens (tertiary/aromatic N) is 2. The standard InChI is InChI=1S/C15H20BrN3O2S.HI/c1-3-17-15(18-9-12(20)13-5-4-8-21-13)19(2)10-11-6-7-14(16)22-11;/h4-8,12,20H,3,9-10H2,1-2H3,(H,17,18);1H. The van der Waals surface area contributed by atoms with Gasteiger partial charge in [-0.3, -0.25) is 0 Å². The maximum Gasteiger partial charge on any atom is 0.194 e. The molecule has 1 unspecified atom stereocenters. The van der Waals surface area contributed by atoms with Crippen LogP contribution in [0.1, 0.15) is 23.7 Å². The predicted octanol–water partition coefficient (Wildman–Crippen LogP) is 3.85. The first-order valence-corrected chi connectivity index (χ1v) is 8.66. The molecule has 2 aromatic rings. The van der Waals surface area contributed by atoms with E-state index in [1.165, 1.54) is 4.88 Å². The summed E-state index contributed by atoms with van der Waals surface area (Å²) < 4.78 is 6.31. The zero-order valence-corrected chi connectivity index (χ0v) is 17.8. The fourth-order valence-corrected chi connectivity index (χ4v) is 3.50. The van der Waals surface area contributed by atoms with Gasteiger partial charge >= 0.3 is 0 Å². The molecule has 0 saturated heterocycles. The normalized spacial score (nSPS) is 12.6. The van der Waals surface area contributed by atoms with Crippen LogP contribution in [0.2, 0.25) is 0 Å². The van der Waals surface area contributed by atoms with Crippen molar-refractivity contribution in [2.24, 2.45) is 4.99 Å². The van der Waals surface area contributed by atoms with Crippen LogP contribution in [0, 0.1) is 0 Å². The second kappa shape index (κ2) is 10.3. The molecule has 128 valence electrons. The first-order valence-electron chi connectivity index (χ1n) is 7.05. The van der Waals surface area contributed by atoms with Gasteiger partial charge in [-0.05, 0) is 47.1 Å². The number of thiophene rings is 1. The molecule has 23 heavy (non-hydrogen) atoms. The van der Waals surface area contributed by atoms with Gasteiger partial charge in [-0.25, -0.2) is 4.99 Å². The maximum absolute atomic E-state index is 10.1. The molecular weight excluding hydrogens is 493 g/mol. The van der Waals surface area contributed by atoms with Crippen LogP contribution in [0.15, 0.2) is 43.7 Å². The molecule has 1 atom stereocenters. The molecule has 0 radical (unpaired) electrons. The van der Waals surface area contributed by atoms with Gasteiger partial charge in [0.15, 0.2) is 5.96 Å². The Labute approximate surface area is 165 Å². The molecule has 0 aliphatic carbocycles. The van der Waals surface area contributed by atoms with E-state index >= 15 is 0 Å². The van der Waals surface area contributed by atoms with Crippen LogP contribution < -0.4 is 5.32 Å². The first kappa shape index (κ1) is 20.5. The zero-order valence-electron chi connectivity index (χ0n) is 13.0. The molecule has 2 rings (SSSR count). The van der Waals surface area contributed by atoms with Gasteiger partial charge in [0, 0.05) is 18.5 Å². The van der Waals surface area contributed by atoms with Crippen LogP contribution in [0.5, 0.6) is 0 Å². The highest BCUT2D eigenvalue weighted by atomic mass is 127. The lowest BCUT2D eigenvalue weighted by Crippen LogP contribution is -2.38. The molecular formula is C15H21BrIN3O2S. The molecule has 0 aliphatic heterocycles. The summed E-state index contributed by atoms with van der Waals surface area (Å²) in [7, 11) is 1.98. The Balaban J connectivity index is 0.00000264. The van der Waals surface area contributed by atoms with Gasteiger partial charge in [-0.2, -0.15) is 0 Å². The van der Waals surface area contributed by atoms with Crippen molar-refractivity contribution in [2.45, 2.75) is 19.6 Å². The lowest BCUT2D eigenvalue weighted by Gasteiger charge is -2.21. The van der Waals surface area contributed by atoms with Crippen LogP contribution in [-0.2, 0) is 6.54 Å².